The summed E-state index contributed by atoms with van der Waals surface area (Å²) in [5.41, 5.74) is 5.37. The first kappa shape index (κ1) is 19.8. The standard InChI is InChI=1S/C21H34FN5O3/c22-21(3-4-21)20(28)26-5-1-13(2-6-26)16-8-19(30-25-16)17-7-18-14(9-23-17)10-24-27(18)15-11-29-12-15/h13-19,23-25H,1-12H2. The molecular weight excluding hydrogens is 389 g/mol. The molecule has 0 radical (unpaired) electrons. The van der Waals surface area contributed by atoms with E-state index >= 15 is 0 Å². The number of hydrogen-bond acceptors (Lipinski definition) is 7. The number of carbonyl (C=O) groups excluding carboxylic acids is 1. The number of amides is 1. The molecule has 0 aromatic carbocycles. The zero-order chi connectivity index (χ0) is 20.3. The summed E-state index contributed by atoms with van der Waals surface area (Å²) in [6.45, 7) is 5.10. The molecule has 5 unspecified atom stereocenters. The summed E-state index contributed by atoms with van der Waals surface area (Å²) < 4.78 is 19.5. The molecule has 5 aliphatic heterocycles. The first-order valence-corrected chi connectivity index (χ1v) is 11.8. The maximum absolute atomic E-state index is 14.1. The predicted molar refractivity (Wildman–Crippen MR) is 107 cm³/mol. The Morgan fingerprint density at radius 2 is 1.83 bits per heavy atom. The van der Waals surface area contributed by atoms with Crippen LogP contribution in [0.2, 0.25) is 0 Å². The number of alkyl halides is 1. The van der Waals surface area contributed by atoms with Crippen LogP contribution in [0.1, 0.15) is 38.5 Å². The molecule has 168 valence electrons. The molecule has 5 saturated heterocycles. The third-order valence-electron chi connectivity index (χ3n) is 8.36. The number of carbonyl (C=O) groups is 1. The van der Waals surface area contributed by atoms with Crippen LogP contribution in [0.25, 0.3) is 0 Å². The second kappa shape index (κ2) is 7.64. The fraction of sp³-hybridized carbons (Fsp3) is 0.952. The highest BCUT2D eigenvalue weighted by Gasteiger charge is 2.53. The second-order valence-corrected chi connectivity index (χ2v) is 10.2. The van der Waals surface area contributed by atoms with Crippen molar-refractivity contribution < 1.29 is 18.8 Å². The zero-order valence-electron chi connectivity index (χ0n) is 17.5. The first-order valence-electron chi connectivity index (χ1n) is 11.8. The highest BCUT2D eigenvalue weighted by molar-refractivity contribution is 5.88. The Labute approximate surface area is 177 Å². The number of halogens is 1. The Bertz CT molecular complexity index is 667. The number of fused-ring (bicyclic) bond motifs is 1. The van der Waals surface area contributed by atoms with E-state index < -0.39 is 5.67 Å². The molecular formula is C21H34FN5O3. The van der Waals surface area contributed by atoms with E-state index in [4.69, 9.17) is 9.57 Å². The fourth-order valence-corrected chi connectivity index (χ4v) is 6.10. The molecule has 8 nitrogen and oxygen atoms in total. The van der Waals surface area contributed by atoms with Crippen LogP contribution in [0.4, 0.5) is 4.39 Å². The maximum atomic E-state index is 14.1. The van der Waals surface area contributed by atoms with Gasteiger partial charge in [0, 0.05) is 50.2 Å². The number of nitrogens with zero attached hydrogens (tertiary/aromatic N) is 2. The zero-order valence-corrected chi connectivity index (χ0v) is 17.5. The molecule has 0 bridgehead atoms. The highest BCUT2D eigenvalue weighted by Crippen LogP contribution is 2.42. The molecule has 30 heavy (non-hydrogen) atoms. The van der Waals surface area contributed by atoms with Gasteiger partial charge in [0.25, 0.3) is 5.91 Å². The summed E-state index contributed by atoms with van der Waals surface area (Å²) in [4.78, 5) is 20.1. The third-order valence-corrected chi connectivity index (χ3v) is 8.36. The number of hydrazine groups is 1. The third kappa shape index (κ3) is 3.47. The Hall–Kier alpha value is -0.840. The number of likely N-dealkylation sites (tertiary alicyclic amines) is 1. The van der Waals surface area contributed by atoms with Gasteiger partial charge in [0.15, 0.2) is 5.67 Å². The fourth-order valence-electron chi connectivity index (χ4n) is 6.10. The minimum Gasteiger partial charge on any atom is -0.378 e. The lowest BCUT2D eigenvalue weighted by molar-refractivity contribution is -0.139. The highest BCUT2D eigenvalue weighted by atomic mass is 19.1. The van der Waals surface area contributed by atoms with Crippen molar-refractivity contribution in [2.45, 2.75) is 74.5 Å². The number of hydrogen-bond donors (Lipinski definition) is 3. The molecule has 0 aromatic heterocycles. The van der Waals surface area contributed by atoms with Gasteiger partial charge >= 0.3 is 0 Å². The van der Waals surface area contributed by atoms with Crippen LogP contribution < -0.4 is 16.2 Å². The molecule has 5 heterocycles. The summed E-state index contributed by atoms with van der Waals surface area (Å²) in [6.07, 6.45) is 4.94. The smallest absolute Gasteiger partial charge is 0.260 e. The van der Waals surface area contributed by atoms with Crippen LogP contribution >= 0.6 is 0 Å². The van der Waals surface area contributed by atoms with Gasteiger partial charge in [-0.25, -0.2) is 9.40 Å². The topological polar surface area (TPSA) is 78.1 Å². The lowest BCUT2D eigenvalue weighted by atomic mass is 9.83. The number of piperidine rings is 2. The summed E-state index contributed by atoms with van der Waals surface area (Å²) in [7, 11) is 0. The Kier molecular flexibility index (Phi) is 5.04. The van der Waals surface area contributed by atoms with E-state index in [1.807, 2.05) is 0 Å². The van der Waals surface area contributed by atoms with E-state index in [0.717, 1.165) is 52.0 Å². The van der Waals surface area contributed by atoms with E-state index in [9.17, 15) is 9.18 Å². The largest absolute Gasteiger partial charge is 0.378 e. The van der Waals surface area contributed by atoms with Crippen molar-refractivity contribution in [3.8, 4) is 0 Å². The quantitative estimate of drug-likeness (QED) is 0.586. The molecule has 0 spiro atoms. The first-order chi connectivity index (χ1) is 14.6. The molecule has 3 N–H and O–H groups in total. The van der Waals surface area contributed by atoms with Crippen molar-refractivity contribution in [1.29, 1.82) is 0 Å². The van der Waals surface area contributed by atoms with Gasteiger partial charge in [-0.1, -0.05) is 0 Å². The summed E-state index contributed by atoms with van der Waals surface area (Å²) in [5, 5.41) is 6.19. The molecule has 6 aliphatic rings. The van der Waals surface area contributed by atoms with Crippen molar-refractivity contribution in [2.24, 2.45) is 11.8 Å². The molecule has 1 aliphatic carbocycles. The number of nitrogens with one attached hydrogen (secondary N) is 3. The molecule has 1 amide bonds. The minimum absolute atomic E-state index is 0.177. The number of rotatable bonds is 4. The van der Waals surface area contributed by atoms with Crippen LogP contribution in [0.15, 0.2) is 0 Å². The summed E-state index contributed by atoms with van der Waals surface area (Å²) in [5.74, 6) is 0.864. The number of ether oxygens (including phenoxy) is 1. The monoisotopic (exact) mass is 423 g/mol. The Balaban J connectivity index is 1.01. The van der Waals surface area contributed by atoms with Gasteiger partial charge in [-0.3, -0.25) is 15.1 Å². The van der Waals surface area contributed by atoms with Crippen molar-refractivity contribution in [3.63, 3.8) is 0 Å². The lowest BCUT2D eigenvalue weighted by Gasteiger charge is -2.43. The molecule has 9 heteroatoms. The average Bonchev–Trinajstić information content (AvgIpc) is 3.15. The van der Waals surface area contributed by atoms with Gasteiger partial charge in [-0.05, 0) is 44.4 Å². The van der Waals surface area contributed by atoms with Crippen molar-refractivity contribution >= 4 is 5.91 Å². The van der Waals surface area contributed by atoms with Crippen molar-refractivity contribution in [3.05, 3.63) is 0 Å². The van der Waals surface area contributed by atoms with Gasteiger partial charge < -0.3 is 15.0 Å². The van der Waals surface area contributed by atoms with E-state index in [0.29, 0.717) is 61.9 Å². The SMILES string of the molecule is O=C(N1CCC(C2CC(C3CC4C(CN3)CNN4C3COC3)ON2)CC1)C1(F)CC1. The van der Waals surface area contributed by atoms with Gasteiger partial charge in [0.2, 0.25) is 0 Å². The predicted octanol–water partition coefficient (Wildman–Crippen LogP) is -0.0451. The van der Waals surface area contributed by atoms with Crippen LogP contribution in [0.3, 0.4) is 0 Å². The van der Waals surface area contributed by atoms with Crippen molar-refractivity contribution in [1.82, 2.24) is 26.1 Å². The second-order valence-electron chi connectivity index (χ2n) is 10.2. The Morgan fingerprint density at radius 3 is 2.53 bits per heavy atom. The Morgan fingerprint density at radius 1 is 1.03 bits per heavy atom. The van der Waals surface area contributed by atoms with E-state index in [1.165, 1.54) is 0 Å². The van der Waals surface area contributed by atoms with Gasteiger partial charge in [0.05, 0.1) is 25.4 Å². The van der Waals surface area contributed by atoms with Crippen LogP contribution in [-0.4, -0.2) is 91.1 Å². The van der Waals surface area contributed by atoms with E-state index in [-0.39, 0.29) is 12.0 Å². The van der Waals surface area contributed by atoms with Crippen molar-refractivity contribution in [2.75, 3.05) is 39.4 Å². The van der Waals surface area contributed by atoms with Gasteiger partial charge in [-0.2, -0.15) is 5.48 Å². The molecule has 5 atom stereocenters. The van der Waals surface area contributed by atoms with E-state index in [2.05, 4.69) is 21.2 Å². The lowest BCUT2D eigenvalue weighted by Crippen LogP contribution is -2.59. The maximum Gasteiger partial charge on any atom is 0.260 e. The molecule has 6 rings (SSSR count). The molecule has 6 fully saturated rings. The summed E-state index contributed by atoms with van der Waals surface area (Å²) >= 11 is 0. The van der Waals surface area contributed by atoms with Crippen LogP contribution in [0.5, 0.6) is 0 Å². The molecule has 1 saturated carbocycles. The van der Waals surface area contributed by atoms with E-state index in [1.54, 1.807) is 4.90 Å². The van der Waals surface area contributed by atoms with Crippen LogP contribution in [-0.2, 0) is 14.4 Å². The average molecular weight is 424 g/mol. The normalized spacial score (nSPS) is 42.2. The number of hydroxylamine groups is 1. The van der Waals surface area contributed by atoms with Gasteiger partial charge in [0.1, 0.15) is 0 Å². The summed E-state index contributed by atoms with van der Waals surface area (Å²) in [6, 6.07) is 1.75. The van der Waals surface area contributed by atoms with Gasteiger partial charge in [-0.15, -0.1) is 0 Å². The molecule has 0 aromatic rings. The minimum atomic E-state index is -1.54. The van der Waals surface area contributed by atoms with Crippen LogP contribution in [0, 0.1) is 11.8 Å².